The number of hydrogen-bond donors (Lipinski definition) is 3. The quantitative estimate of drug-likeness (QED) is 0.258. The van der Waals surface area contributed by atoms with E-state index in [0.29, 0.717) is 11.3 Å². The van der Waals surface area contributed by atoms with Gasteiger partial charge in [-0.1, -0.05) is 24.0 Å². The van der Waals surface area contributed by atoms with E-state index in [2.05, 4.69) is 16.6 Å². The Labute approximate surface area is 204 Å². The summed E-state index contributed by atoms with van der Waals surface area (Å²) in [7, 11) is -7.13. The summed E-state index contributed by atoms with van der Waals surface area (Å²) in [6, 6.07) is 8.46. The number of carbonyl (C=O) groups excluding carboxylic acids is 2. The minimum Gasteiger partial charge on any atom is -0.318 e. The second-order valence-electron chi connectivity index (χ2n) is 8.53. The number of amides is 2. The summed E-state index contributed by atoms with van der Waals surface area (Å²) in [6.07, 6.45) is 3.40. The van der Waals surface area contributed by atoms with Crippen molar-refractivity contribution in [2.75, 3.05) is 19.1 Å². The van der Waals surface area contributed by atoms with E-state index in [4.69, 9.17) is 5.21 Å². The molecule has 3 rings (SSSR count). The van der Waals surface area contributed by atoms with E-state index >= 15 is 0 Å². The van der Waals surface area contributed by atoms with Crippen molar-refractivity contribution in [1.29, 1.82) is 0 Å². The molecule has 2 amide bonds. The summed E-state index contributed by atoms with van der Waals surface area (Å²) in [4.78, 5) is 26.1. The van der Waals surface area contributed by atoms with Crippen molar-refractivity contribution in [3.63, 3.8) is 0 Å². The Bertz CT molecular complexity index is 1420. The van der Waals surface area contributed by atoms with Crippen LogP contribution in [0.5, 0.6) is 0 Å². The minimum atomic E-state index is -3.86. The molecule has 1 atom stereocenters. The Kier molecular flexibility index (Phi) is 7.42. The fourth-order valence-corrected chi connectivity index (χ4v) is 4.74. The Morgan fingerprint density at radius 2 is 1.74 bits per heavy atom. The molecule has 1 aliphatic heterocycles. The van der Waals surface area contributed by atoms with Crippen LogP contribution in [-0.4, -0.2) is 67.3 Å². The number of hydroxylamine groups is 1. The number of fused-ring (bicyclic) bond motifs is 1. The van der Waals surface area contributed by atoms with Crippen LogP contribution in [0.2, 0.25) is 0 Å². The number of benzene rings is 1. The number of rotatable bonds is 8. The Morgan fingerprint density at radius 1 is 1.11 bits per heavy atom. The number of nitrogens with one attached hydrogen (secondary N) is 2. The van der Waals surface area contributed by atoms with Gasteiger partial charge in [0.25, 0.3) is 5.91 Å². The number of sulfonamides is 1. The zero-order chi connectivity index (χ0) is 26.0. The first-order valence-corrected chi connectivity index (χ1v) is 14.2. The molecule has 3 N–H and O–H groups in total. The van der Waals surface area contributed by atoms with Crippen LogP contribution in [0.25, 0.3) is 0 Å². The molecule has 35 heavy (non-hydrogen) atoms. The molecule has 2 heterocycles. The molecule has 0 spiro atoms. The lowest BCUT2D eigenvalue weighted by Crippen LogP contribution is -2.50. The number of hydrogen-bond acceptors (Lipinski definition) is 7. The van der Waals surface area contributed by atoms with E-state index in [9.17, 15) is 26.4 Å². The highest BCUT2D eigenvalue weighted by Crippen LogP contribution is 2.25. The van der Waals surface area contributed by atoms with Crippen LogP contribution in [-0.2, 0) is 37.7 Å². The topological polar surface area (TPSA) is 155 Å². The van der Waals surface area contributed by atoms with Crippen LogP contribution in [0, 0.1) is 11.8 Å². The maximum Gasteiger partial charge on any atom is 0.328 e. The normalized spacial score (nSPS) is 15.2. The predicted octanol–water partition coefficient (Wildman–Crippen LogP) is 0.420. The van der Waals surface area contributed by atoms with Crippen molar-refractivity contribution in [3.05, 3.63) is 58.9 Å². The van der Waals surface area contributed by atoms with Gasteiger partial charge in [0, 0.05) is 42.4 Å². The molecule has 0 fully saturated rings. The van der Waals surface area contributed by atoms with E-state index in [1.807, 2.05) is 0 Å². The second-order valence-corrected chi connectivity index (χ2v) is 12.8. The first-order valence-electron chi connectivity index (χ1n) is 10.4. The number of sulfone groups is 1. The fourth-order valence-electron chi connectivity index (χ4n) is 3.47. The number of carbonyl (C=O) groups is 2. The maximum atomic E-state index is 12.8. The molecule has 1 unspecified atom stereocenters. The van der Waals surface area contributed by atoms with Gasteiger partial charge in [0.05, 0.1) is 12.8 Å². The van der Waals surface area contributed by atoms with Crippen LogP contribution < -0.4 is 10.2 Å². The van der Waals surface area contributed by atoms with Crippen LogP contribution in [0.4, 0.5) is 4.79 Å². The first kappa shape index (κ1) is 26.4. The van der Waals surface area contributed by atoms with Crippen molar-refractivity contribution >= 4 is 31.8 Å². The molecule has 1 aromatic heterocycles. The molecule has 1 aromatic carbocycles. The molecule has 13 heteroatoms. The standard InChI is InChI=1S/C22H26N4O7S2/c1-22(20(27)24-29,34(2,30)31)10-11-25-15-19-12-18(14-26(19)21(25)28)9-6-16-4-7-17(8-5-16)13-23-35(3,32)33/h4-5,7-8,12,14,23,29H,10-11,13,15H2,1-3H3,(H,24,27). The second kappa shape index (κ2) is 9.82. The van der Waals surface area contributed by atoms with E-state index in [1.165, 1.54) is 21.9 Å². The largest absolute Gasteiger partial charge is 0.328 e. The zero-order valence-electron chi connectivity index (χ0n) is 19.4. The van der Waals surface area contributed by atoms with Gasteiger partial charge in [0.1, 0.15) is 0 Å². The summed E-state index contributed by atoms with van der Waals surface area (Å²) >= 11 is 0. The highest BCUT2D eigenvalue weighted by Gasteiger charge is 2.44. The lowest BCUT2D eigenvalue weighted by atomic mass is 10.1. The molecule has 0 saturated carbocycles. The molecule has 2 aromatic rings. The fraction of sp³-hybridized carbons (Fsp3) is 0.364. The van der Waals surface area contributed by atoms with Crippen LogP contribution >= 0.6 is 0 Å². The molecule has 0 saturated heterocycles. The number of aromatic nitrogens is 1. The van der Waals surface area contributed by atoms with Gasteiger partial charge in [-0.05, 0) is 37.1 Å². The molecule has 0 bridgehead atoms. The van der Waals surface area contributed by atoms with E-state index in [-0.39, 0.29) is 32.1 Å². The van der Waals surface area contributed by atoms with Gasteiger partial charge < -0.3 is 4.90 Å². The molecule has 0 aliphatic carbocycles. The Hall–Kier alpha value is -3.18. The monoisotopic (exact) mass is 522 g/mol. The summed E-state index contributed by atoms with van der Waals surface area (Å²) < 4.78 is 48.5. The van der Waals surface area contributed by atoms with Gasteiger partial charge >= 0.3 is 6.03 Å². The van der Waals surface area contributed by atoms with E-state index in [0.717, 1.165) is 23.6 Å². The van der Waals surface area contributed by atoms with Crippen LogP contribution in [0.1, 0.15) is 35.7 Å². The summed E-state index contributed by atoms with van der Waals surface area (Å²) in [5, 5.41) is 8.93. The molecule has 188 valence electrons. The molecular formula is C22H26N4O7S2. The highest BCUT2D eigenvalue weighted by molar-refractivity contribution is 7.92. The summed E-state index contributed by atoms with van der Waals surface area (Å²) in [5.74, 6) is 4.93. The van der Waals surface area contributed by atoms with Crippen molar-refractivity contribution in [2.45, 2.75) is 31.2 Å². The molecule has 1 aliphatic rings. The molecule has 0 radical (unpaired) electrons. The predicted molar refractivity (Wildman–Crippen MR) is 128 cm³/mol. The lowest BCUT2D eigenvalue weighted by molar-refractivity contribution is -0.131. The van der Waals surface area contributed by atoms with Gasteiger partial charge in [-0.3, -0.25) is 14.6 Å². The van der Waals surface area contributed by atoms with Gasteiger partial charge in [-0.2, -0.15) is 0 Å². The highest BCUT2D eigenvalue weighted by atomic mass is 32.2. The first-order chi connectivity index (χ1) is 16.2. The third kappa shape index (κ3) is 6.09. The Morgan fingerprint density at radius 3 is 2.29 bits per heavy atom. The van der Waals surface area contributed by atoms with Crippen molar-refractivity contribution < 1.29 is 31.6 Å². The zero-order valence-corrected chi connectivity index (χ0v) is 21.0. The van der Waals surface area contributed by atoms with Gasteiger partial charge in [0.2, 0.25) is 10.0 Å². The minimum absolute atomic E-state index is 0.000939. The van der Waals surface area contributed by atoms with E-state index in [1.54, 1.807) is 36.5 Å². The van der Waals surface area contributed by atoms with Gasteiger partial charge in [0.15, 0.2) is 14.6 Å². The van der Waals surface area contributed by atoms with Crippen molar-refractivity contribution in [3.8, 4) is 11.8 Å². The van der Waals surface area contributed by atoms with Crippen molar-refractivity contribution in [2.24, 2.45) is 0 Å². The lowest BCUT2D eigenvalue weighted by Gasteiger charge is -2.27. The van der Waals surface area contributed by atoms with Gasteiger partial charge in [-0.25, -0.2) is 31.8 Å². The third-order valence-corrected chi connectivity index (χ3v) is 8.53. The summed E-state index contributed by atoms with van der Waals surface area (Å²) in [5.41, 5.74) is 4.20. The average Bonchev–Trinajstić information content (AvgIpc) is 3.31. The van der Waals surface area contributed by atoms with Gasteiger partial charge in [-0.15, -0.1) is 0 Å². The molecular weight excluding hydrogens is 496 g/mol. The van der Waals surface area contributed by atoms with Crippen LogP contribution in [0.15, 0.2) is 36.5 Å². The smallest absolute Gasteiger partial charge is 0.318 e. The number of nitrogens with zero attached hydrogens (tertiary/aromatic N) is 2. The summed E-state index contributed by atoms with van der Waals surface area (Å²) in [6.45, 7) is 1.62. The SMILES string of the molecule is CC(CCN1Cc2cc(C#Cc3ccc(CNS(C)(=O)=O)cc3)cn2C1=O)(C(=O)NO)S(C)(=O)=O. The average molecular weight is 523 g/mol. The molecule has 11 nitrogen and oxygen atoms in total. The maximum absolute atomic E-state index is 12.8. The van der Waals surface area contributed by atoms with E-state index < -0.39 is 30.5 Å². The third-order valence-electron chi connectivity index (χ3n) is 5.83. The van der Waals surface area contributed by atoms with Crippen LogP contribution in [0.3, 0.4) is 0 Å². The Balaban J connectivity index is 1.65. The van der Waals surface area contributed by atoms with Crippen molar-refractivity contribution in [1.82, 2.24) is 19.7 Å².